The van der Waals surface area contributed by atoms with Crippen molar-refractivity contribution in [2.24, 2.45) is 0 Å². The molecule has 1 rings (SSSR count). The summed E-state index contributed by atoms with van der Waals surface area (Å²) in [5, 5.41) is 0.890. The molecule has 1 aromatic heterocycles. The molecule has 0 aromatic carbocycles. The summed E-state index contributed by atoms with van der Waals surface area (Å²) in [5.74, 6) is 0. The lowest BCUT2D eigenvalue weighted by molar-refractivity contribution is 0.735. The topological polar surface area (TPSA) is 17.8 Å². The highest BCUT2D eigenvalue weighted by molar-refractivity contribution is 9.08. The molecule has 50 valence electrons. The molecule has 0 spiro atoms. The van der Waals surface area contributed by atoms with Gasteiger partial charge in [0.15, 0.2) is 0 Å². The Balaban J connectivity index is 2.85. The van der Waals surface area contributed by atoms with E-state index in [9.17, 15) is 0 Å². The minimum absolute atomic E-state index is 0.890. The number of imidazole rings is 1. The minimum Gasteiger partial charge on any atom is -0.334 e. The molecular formula is C6H9BrN2. The Hall–Kier alpha value is -0.310. The fourth-order valence-corrected chi connectivity index (χ4v) is 1.21. The number of hydrogen-bond donors (Lipinski definition) is 0. The van der Waals surface area contributed by atoms with E-state index in [0.29, 0.717) is 0 Å². The number of alkyl halides is 1. The van der Waals surface area contributed by atoms with Crippen LogP contribution >= 0.6 is 15.9 Å². The van der Waals surface area contributed by atoms with Crippen molar-refractivity contribution in [2.75, 3.05) is 0 Å². The molecule has 2 nitrogen and oxygen atoms in total. The minimum atomic E-state index is 0.890. The van der Waals surface area contributed by atoms with Crippen molar-refractivity contribution < 1.29 is 0 Å². The molecule has 0 aliphatic rings. The van der Waals surface area contributed by atoms with Crippen LogP contribution in [-0.2, 0) is 11.9 Å². The van der Waals surface area contributed by atoms with Gasteiger partial charge in [-0.2, -0.15) is 0 Å². The van der Waals surface area contributed by atoms with Crippen LogP contribution in [0.1, 0.15) is 12.6 Å². The van der Waals surface area contributed by atoms with Crippen molar-refractivity contribution in [3.05, 3.63) is 18.2 Å². The zero-order chi connectivity index (χ0) is 6.69. The van der Waals surface area contributed by atoms with Crippen LogP contribution in [0.2, 0.25) is 0 Å². The van der Waals surface area contributed by atoms with Gasteiger partial charge in [-0.1, -0.05) is 15.9 Å². The number of nitrogens with zero attached hydrogens (tertiary/aromatic N) is 2. The Morgan fingerprint density at radius 3 is 3.00 bits per heavy atom. The lowest BCUT2D eigenvalue weighted by Gasteiger charge is -1.98. The van der Waals surface area contributed by atoms with Crippen LogP contribution in [-0.4, -0.2) is 9.55 Å². The maximum absolute atomic E-state index is 4.00. The third-order valence-corrected chi connectivity index (χ3v) is 1.85. The lowest BCUT2D eigenvalue weighted by atomic mass is 10.5. The highest BCUT2D eigenvalue weighted by Crippen LogP contribution is 2.03. The van der Waals surface area contributed by atoms with Crippen LogP contribution < -0.4 is 0 Å². The fraction of sp³-hybridized carbons (Fsp3) is 0.500. The molecular weight excluding hydrogens is 180 g/mol. The van der Waals surface area contributed by atoms with Gasteiger partial charge in [-0.05, 0) is 6.92 Å². The number of halogens is 1. The van der Waals surface area contributed by atoms with E-state index in [1.165, 1.54) is 5.69 Å². The van der Waals surface area contributed by atoms with E-state index < -0.39 is 0 Å². The Kier molecular flexibility index (Phi) is 2.28. The number of rotatable bonds is 2. The van der Waals surface area contributed by atoms with Gasteiger partial charge < -0.3 is 4.57 Å². The Morgan fingerprint density at radius 1 is 1.78 bits per heavy atom. The van der Waals surface area contributed by atoms with E-state index in [1.807, 2.05) is 12.5 Å². The maximum Gasteiger partial charge on any atom is 0.0948 e. The second-order valence-electron chi connectivity index (χ2n) is 1.80. The van der Waals surface area contributed by atoms with Crippen molar-refractivity contribution in [1.82, 2.24) is 9.55 Å². The van der Waals surface area contributed by atoms with E-state index in [-0.39, 0.29) is 0 Å². The Labute approximate surface area is 63.0 Å². The number of hydrogen-bond acceptors (Lipinski definition) is 1. The highest BCUT2D eigenvalue weighted by Gasteiger charge is 1.94. The van der Waals surface area contributed by atoms with Gasteiger partial charge in [0, 0.05) is 23.8 Å². The van der Waals surface area contributed by atoms with Gasteiger partial charge >= 0.3 is 0 Å². The predicted octanol–water partition coefficient (Wildman–Crippen LogP) is 1.80. The van der Waals surface area contributed by atoms with E-state index in [1.54, 1.807) is 0 Å². The molecule has 0 radical (unpaired) electrons. The largest absolute Gasteiger partial charge is 0.334 e. The predicted molar refractivity (Wildman–Crippen MR) is 40.5 cm³/mol. The normalized spacial score (nSPS) is 10.0. The van der Waals surface area contributed by atoms with Crippen LogP contribution in [0.5, 0.6) is 0 Å². The van der Waals surface area contributed by atoms with Crippen LogP contribution in [0.15, 0.2) is 12.5 Å². The molecule has 0 aliphatic heterocycles. The van der Waals surface area contributed by atoms with Gasteiger partial charge in [-0.15, -0.1) is 0 Å². The summed E-state index contributed by atoms with van der Waals surface area (Å²) >= 11 is 3.37. The highest BCUT2D eigenvalue weighted by atomic mass is 79.9. The lowest BCUT2D eigenvalue weighted by Crippen LogP contribution is -1.95. The first-order chi connectivity index (χ1) is 4.38. The van der Waals surface area contributed by atoms with Crippen molar-refractivity contribution in [3.63, 3.8) is 0 Å². The standard InChI is InChI=1S/C6H9BrN2/c1-2-9-5-8-4-6(9)3-7/h4-5H,2-3H2,1H3. The third-order valence-electron chi connectivity index (χ3n) is 1.28. The van der Waals surface area contributed by atoms with Crippen LogP contribution in [0, 0.1) is 0 Å². The maximum atomic E-state index is 4.00. The zero-order valence-corrected chi connectivity index (χ0v) is 6.93. The molecule has 0 N–H and O–H groups in total. The third kappa shape index (κ3) is 1.33. The molecule has 0 bridgehead atoms. The quantitative estimate of drug-likeness (QED) is 0.648. The summed E-state index contributed by atoms with van der Waals surface area (Å²) in [6.07, 6.45) is 3.72. The first-order valence-electron chi connectivity index (χ1n) is 2.93. The van der Waals surface area contributed by atoms with E-state index >= 15 is 0 Å². The Bertz CT molecular complexity index is 164. The summed E-state index contributed by atoms with van der Waals surface area (Å²) in [6.45, 7) is 3.11. The van der Waals surface area contributed by atoms with E-state index in [4.69, 9.17) is 0 Å². The average Bonchev–Trinajstić information content (AvgIpc) is 2.33. The SMILES string of the molecule is CCn1cncc1CBr. The summed E-state index contributed by atoms with van der Waals surface area (Å²) in [4.78, 5) is 4.00. The molecule has 0 unspecified atom stereocenters. The monoisotopic (exact) mass is 188 g/mol. The van der Waals surface area contributed by atoms with Crippen LogP contribution in [0.4, 0.5) is 0 Å². The summed E-state index contributed by atoms with van der Waals surface area (Å²) < 4.78 is 2.11. The van der Waals surface area contributed by atoms with Gasteiger partial charge in [0.1, 0.15) is 0 Å². The van der Waals surface area contributed by atoms with Crippen molar-refractivity contribution in [3.8, 4) is 0 Å². The molecule has 9 heavy (non-hydrogen) atoms. The summed E-state index contributed by atoms with van der Waals surface area (Å²) in [6, 6.07) is 0. The Morgan fingerprint density at radius 2 is 2.56 bits per heavy atom. The van der Waals surface area contributed by atoms with Crippen LogP contribution in [0.3, 0.4) is 0 Å². The van der Waals surface area contributed by atoms with Gasteiger partial charge in [-0.3, -0.25) is 0 Å². The van der Waals surface area contributed by atoms with Crippen molar-refractivity contribution in [2.45, 2.75) is 18.8 Å². The zero-order valence-electron chi connectivity index (χ0n) is 5.34. The van der Waals surface area contributed by atoms with Gasteiger partial charge in [0.05, 0.1) is 6.33 Å². The molecule has 0 aliphatic carbocycles. The second kappa shape index (κ2) is 3.01. The number of aromatic nitrogens is 2. The molecule has 0 saturated heterocycles. The van der Waals surface area contributed by atoms with E-state index in [2.05, 4.69) is 32.4 Å². The first kappa shape index (κ1) is 6.81. The first-order valence-corrected chi connectivity index (χ1v) is 4.05. The van der Waals surface area contributed by atoms with Crippen molar-refractivity contribution >= 4 is 15.9 Å². The van der Waals surface area contributed by atoms with Crippen molar-refractivity contribution in [1.29, 1.82) is 0 Å². The van der Waals surface area contributed by atoms with E-state index in [0.717, 1.165) is 11.9 Å². The number of aryl methyl sites for hydroxylation is 1. The average molecular weight is 189 g/mol. The van der Waals surface area contributed by atoms with Gasteiger partial charge in [-0.25, -0.2) is 4.98 Å². The fourth-order valence-electron chi connectivity index (χ4n) is 0.744. The summed E-state index contributed by atoms with van der Waals surface area (Å²) in [7, 11) is 0. The molecule has 1 aromatic rings. The molecule has 3 heteroatoms. The second-order valence-corrected chi connectivity index (χ2v) is 2.37. The molecule has 0 amide bonds. The summed E-state index contributed by atoms with van der Waals surface area (Å²) in [5.41, 5.74) is 1.23. The molecule has 1 heterocycles. The van der Waals surface area contributed by atoms with Crippen LogP contribution in [0.25, 0.3) is 0 Å². The molecule has 0 fully saturated rings. The molecule has 0 saturated carbocycles. The van der Waals surface area contributed by atoms with Gasteiger partial charge in [0.2, 0.25) is 0 Å². The van der Waals surface area contributed by atoms with Gasteiger partial charge in [0.25, 0.3) is 0 Å². The smallest absolute Gasteiger partial charge is 0.0948 e. The molecule has 0 atom stereocenters.